The fraction of sp³-hybridized carbons (Fsp3) is 0.346. The van der Waals surface area contributed by atoms with Crippen LogP contribution < -0.4 is 5.32 Å². The Morgan fingerprint density at radius 3 is 2.32 bits per heavy atom. The van der Waals surface area contributed by atoms with Crippen LogP contribution in [-0.2, 0) is 41.9 Å². The molecule has 1 heterocycles. The molecule has 2 aliphatic rings. The molecule has 0 saturated heterocycles. The van der Waals surface area contributed by atoms with Gasteiger partial charge in [0.05, 0.1) is 24.2 Å². The van der Waals surface area contributed by atoms with E-state index in [0.29, 0.717) is 0 Å². The molecule has 2 aromatic rings. The van der Waals surface area contributed by atoms with Gasteiger partial charge >= 0.3 is 5.97 Å². The van der Waals surface area contributed by atoms with E-state index in [1.807, 2.05) is 24.3 Å². The van der Waals surface area contributed by atoms with Crippen LogP contribution in [0.3, 0.4) is 0 Å². The number of rotatable bonds is 6. The average molecular weight is 529 g/mol. The first-order valence-corrected chi connectivity index (χ1v) is 13.4. The number of nitrogens with zero attached hydrogens (tertiary/aromatic N) is 1. The molecule has 0 spiro atoms. The van der Waals surface area contributed by atoms with Gasteiger partial charge in [0.1, 0.15) is 17.9 Å². The predicted molar refractivity (Wildman–Crippen MR) is 132 cm³/mol. The molecular formula is C26H28N2O8S. The van der Waals surface area contributed by atoms with Gasteiger partial charge in [-0.3, -0.25) is 9.59 Å². The summed E-state index contributed by atoms with van der Waals surface area (Å²) >= 11 is 0. The minimum atomic E-state index is -3.94. The number of aliphatic hydroxyl groups excluding tert-OH is 2. The molecular weight excluding hydrogens is 500 g/mol. The molecule has 10 nitrogen and oxygen atoms in total. The number of sulfone groups is 1. The summed E-state index contributed by atoms with van der Waals surface area (Å²) in [6.07, 6.45) is -1.50. The molecule has 4 rings (SSSR count). The SMILES string of the molecule is COC(=O)[C@@H]1Cc2ccccc2CN1C(=O)C1=C[C@@H](NC(=O)CS(=O)(=O)c2ccccc2)[C@@H](O)[C@H](O)C1. The first-order chi connectivity index (χ1) is 17.6. The van der Waals surface area contributed by atoms with E-state index in [1.165, 1.54) is 42.4 Å². The van der Waals surface area contributed by atoms with Crippen molar-refractivity contribution < 1.29 is 37.8 Å². The smallest absolute Gasteiger partial charge is 0.328 e. The van der Waals surface area contributed by atoms with E-state index in [9.17, 15) is 33.0 Å². The minimum Gasteiger partial charge on any atom is -0.467 e. The van der Waals surface area contributed by atoms with Gasteiger partial charge in [0, 0.05) is 25.0 Å². The monoisotopic (exact) mass is 528 g/mol. The van der Waals surface area contributed by atoms with Crippen LogP contribution in [-0.4, -0.2) is 78.5 Å². The van der Waals surface area contributed by atoms with Crippen LogP contribution in [0.15, 0.2) is 71.1 Å². The fourth-order valence-corrected chi connectivity index (χ4v) is 5.80. The summed E-state index contributed by atoms with van der Waals surface area (Å²) in [4.78, 5) is 40.0. The number of nitrogens with one attached hydrogen (secondary N) is 1. The number of hydrogen-bond acceptors (Lipinski definition) is 8. The van der Waals surface area contributed by atoms with Gasteiger partial charge in [-0.15, -0.1) is 0 Å². The lowest BCUT2D eigenvalue weighted by Gasteiger charge is -2.38. The van der Waals surface area contributed by atoms with E-state index in [0.717, 1.165) is 11.1 Å². The van der Waals surface area contributed by atoms with Crippen molar-refractivity contribution in [3.63, 3.8) is 0 Å². The topological polar surface area (TPSA) is 150 Å². The van der Waals surface area contributed by atoms with Crippen LogP contribution in [0.4, 0.5) is 0 Å². The van der Waals surface area contributed by atoms with E-state index in [2.05, 4.69) is 5.32 Å². The molecule has 11 heteroatoms. The average Bonchev–Trinajstić information content (AvgIpc) is 2.89. The standard InChI is InChI=1S/C26H28N2O8S/c1-36-26(33)21-12-16-7-5-6-8-17(16)14-28(21)25(32)18-11-20(24(31)22(29)13-18)27-23(30)15-37(34,35)19-9-3-2-4-10-19/h2-11,20-22,24,29,31H,12-15H2,1H3,(H,27,30)/t20-,21+,22-,24-/m1/s1. The molecule has 0 bridgehead atoms. The molecule has 0 saturated carbocycles. The number of amides is 2. The van der Waals surface area contributed by atoms with E-state index in [1.54, 1.807) is 6.07 Å². The summed E-state index contributed by atoms with van der Waals surface area (Å²) in [5.41, 5.74) is 1.87. The number of methoxy groups -OCH3 is 1. The van der Waals surface area contributed by atoms with Gasteiger partial charge in [0.25, 0.3) is 5.91 Å². The highest BCUT2D eigenvalue weighted by atomic mass is 32.2. The molecule has 0 fully saturated rings. The van der Waals surface area contributed by atoms with Crippen molar-refractivity contribution in [2.75, 3.05) is 12.9 Å². The highest BCUT2D eigenvalue weighted by Gasteiger charge is 2.40. The van der Waals surface area contributed by atoms with Crippen molar-refractivity contribution in [1.29, 1.82) is 0 Å². The van der Waals surface area contributed by atoms with Gasteiger partial charge in [-0.05, 0) is 23.3 Å². The molecule has 0 aromatic heterocycles. The third-order valence-electron chi connectivity index (χ3n) is 6.58. The van der Waals surface area contributed by atoms with E-state index < -0.39 is 57.7 Å². The van der Waals surface area contributed by atoms with Gasteiger partial charge < -0.3 is 25.2 Å². The Morgan fingerprint density at radius 2 is 1.65 bits per heavy atom. The predicted octanol–water partition coefficient (Wildman–Crippen LogP) is 0.124. The molecule has 196 valence electrons. The Labute approximate surface area is 214 Å². The van der Waals surface area contributed by atoms with Crippen molar-refractivity contribution in [3.8, 4) is 0 Å². The second kappa shape index (κ2) is 10.8. The summed E-state index contributed by atoms with van der Waals surface area (Å²) in [5.74, 6) is -2.91. The summed E-state index contributed by atoms with van der Waals surface area (Å²) < 4.78 is 30.0. The maximum absolute atomic E-state index is 13.5. The number of carbonyl (C=O) groups is 3. The second-order valence-electron chi connectivity index (χ2n) is 9.06. The second-order valence-corrected chi connectivity index (χ2v) is 11.1. The summed E-state index contributed by atoms with van der Waals surface area (Å²) in [7, 11) is -2.70. The number of ether oxygens (including phenoxy) is 1. The third kappa shape index (κ3) is 5.74. The van der Waals surface area contributed by atoms with Gasteiger partial charge in [-0.25, -0.2) is 13.2 Å². The Balaban J connectivity index is 1.55. The highest BCUT2D eigenvalue weighted by molar-refractivity contribution is 7.92. The van der Waals surface area contributed by atoms with E-state index in [-0.39, 0.29) is 29.9 Å². The first kappa shape index (κ1) is 26.5. The van der Waals surface area contributed by atoms with Crippen LogP contribution >= 0.6 is 0 Å². The van der Waals surface area contributed by atoms with Crippen molar-refractivity contribution in [2.24, 2.45) is 0 Å². The maximum atomic E-state index is 13.5. The molecule has 1 aliphatic heterocycles. The van der Waals surface area contributed by atoms with Crippen molar-refractivity contribution in [1.82, 2.24) is 10.2 Å². The van der Waals surface area contributed by atoms with E-state index in [4.69, 9.17) is 4.74 Å². The number of esters is 1. The van der Waals surface area contributed by atoms with Gasteiger partial charge in [-0.2, -0.15) is 0 Å². The normalized spacial score (nSPS) is 23.4. The molecule has 1 aliphatic carbocycles. The van der Waals surface area contributed by atoms with Crippen LogP contribution in [0.25, 0.3) is 0 Å². The molecule has 3 N–H and O–H groups in total. The number of carbonyl (C=O) groups excluding carboxylic acids is 3. The summed E-state index contributed by atoms with van der Waals surface area (Å²) in [6.45, 7) is 0.136. The lowest BCUT2D eigenvalue weighted by atomic mass is 9.88. The molecule has 2 amide bonds. The summed E-state index contributed by atoms with van der Waals surface area (Å²) in [6, 6.07) is 12.8. The number of hydrogen-bond donors (Lipinski definition) is 3. The van der Waals surface area contributed by atoms with E-state index >= 15 is 0 Å². The Kier molecular flexibility index (Phi) is 7.76. The van der Waals surface area contributed by atoms with Crippen LogP contribution in [0.1, 0.15) is 17.5 Å². The fourth-order valence-electron chi connectivity index (χ4n) is 4.63. The van der Waals surface area contributed by atoms with Crippen molar-refractivity contribution in [3.05, 3.63) is 77.4 Å². The summed E-state index contributed by atoms with van der Waals surface area (Å²) in [5, 5.41) is 23.3. The third-order valence-corrected chi connectivity index (χ3v) is 8.21. The number of aliphatic hydroxyl groups is 2. The quantitative estimate of drug-likeness (QED) is 0.448. The zero-order valence-electron chi connectivity index (χ0n) is 20.1. The van der Waals surface area contributed by atoms with Crippen molar-refractivity contribution >= 4 is 27.6 Å². The molecule has 0 unspecified atom stereocenters. The molecule has 2 aromatic carbocycles. The van der Waals surface area contributed by atoms with Gasteiger partial charge in [-0.1, -0.05) is 48.5 Å². The van der Waals surface area contributed by atoms with Crippen LogP contribution in [0.5, 0.6) is 0 Å². The highest BCUT2D eigenvalue weighted by Crippen LogP contribution is 2.28. The van der Waals surface area contributed by atoms with Crippen LogP contribution in [0, 0.1) is 0 Å². The molecule has 37 heavy (non-hydrogen) atoms. The minimum absolute atomic E-state index is 0.0278. The van der Waals surface area contributed by atoms with Crippen LogP contribution in [0.2, 0.25) is 0 Å². The molecule has 4 atom stereocenters. The Bertz CT molecular complexity index is 1330. The Morgan fingerprint density at radius 1 is 1.00 bits per heavy atom. The van der Waals surface area contributed by atoms with Gasteiger partial charge in [0.2, 0.25) is 5.91 Å². The lowest BCUT2D eigenvalue weighted by Crippen LogP contribution is -2.54. The van der Waals surface area contributed by atoms with Crippen molar-refractivity contribution in [2.45, 2.75) is 48.6 Å². The Hall–Kier alpha value is -3.54. The zero-order valence-corrected chi connectivity index (χ0v) is 20.9. The molecule has 0 radical (unpaired) electrons. The number of fused-ring (bicyclic) bond motifs is 1. The number of benzene rings is 2. The lowest BCUT2D eigenvalue weighted by molar-refractivity contribution is -0.152. The largest absolute Gasteiger partial charge is 0.467 e. The maximum Gasteiger partial charge on any atom is 0.328 e. The van der Waals surface area contributed by atoms with Gasteiger partial charge in [0.15, 0.2) is 9.84 Å². The zero-order chi connectivity index (χ0) is 26.7. The first-order valence-electron chi connectivity index (χ1n) is 11.7.